The average Bonchev–Trinajstić information content (AvgIpc) is 3.14. The predicted octanol–water partition coefficient (Wildman–Crippen LogP) is 4.95. The number of methoxy groups -OCH3 is 7. The molecule has 0 radical (unpaired) electrons. The van der Waals surface area contributed by atoms with Crippen LogP contribution in [0.3, 0.4) is 0 Å². The van der Waals surface area contributed by atoms with Crippen molar-refractivity contribution in [2.24, 2.45) is 0 Å². The van der Waals surface area contributed by atoms with Crippen LogP contribution in [0.25, 0.3) is 0 Å². The second-order valence-corrected chi connectivity index (χ2v) is 11.5. The monoisotopic (exact) mass is 691 g/mol. The van der Waals surface area contributed by atoms with Crippen LogP contribution in [0, 0.1) is 0 Å². The van der Waals surface area contributed by atoms with Crippen molar-refractivity contribution in [2.45, 2.75) is 31.3 Å². The van der Waals surface area contributed by atoms with Gasteiger partial charge in [-0.2, -0.15) is 0 Å². The Labute approximate surface area is 289 Å². The molecule has 1 aromatic heterocycles. The van der Waals surface area contributed by atoms with Crippen LogP contribution in [-0.4, -0.2) is 77.4 Å². The first-order valence-corrected chi connectivity index (χ1v) is 15.7. The molecule has 13 nitrogen and oxygen atoms in total. The van der Waals surface area contributed by atoms with Crippen LogP contribution in [0.15, 0.2) is 57.7 Å². The van der Waals surface area contributed by atoms with Crippen molar-refractivity contribution in [2.75, 3.05) is 56.3 Å². The van der Waals surface area contributed by atoms with Crippen LogP contribution in [0.5, 0.6) is 46.0 Å². The van der Waals surface area contributed by atoms with E-state index in [2.05, 4.69) is 4.90 Å². The zero-order chi connectivity index (χ0) is 36.1. The number of phenols is 1. The summed E-state index contributed by atoms with van der Waals surface area (Å²) in [4.78, 5) is 28.0. The Kier molecular flexibility index (Phi) is 11.0. The van der Waals surface area contributed by atoms with Crippen LogP contribution in [-0.2, 0) is 22.5 Å². The van der Waals surface area contributed by atoms with E-state index >= 15 is 0 Å². The summed E-state index contributed by atoms with van der Waals surface area (Å²) in [5, 5.41) is 21.2. The minimum absolute atomic E-state index is 0.120. The molecule has 2 N–H and O–H groups in total. The van der Waals surface area contributed by atoms with Gasteiger partial charge in [-0.05, 0) is 65.1 Å². The molecule has 0 unspecified atom stereocenters. The lowest BCUT2D eigenvalue weighted by Crippen LogP contribution is -2.36. The number of carbonyl (C=O) groups is 1. The van der Waals surface area contributed by atoms with E-state index in [4.69, 9.17) is 37.6 Å². The zero-order valence-corrected chi connectivity index (χ0v) is 29.0. The lowest BCUT2D eigenvalue weighted by Gasteiger charge is -2.38. The van der Waals surface area contributed by atoms with Gasteiger partial charge in [-0.1, -0.05) is 6.07 Å². The third kappa shape index (κ3) is 6.95. The first-order chi connectivity index (χ1) is 24.1. The molecule has 0 aliphatic carbocycles. The zero-order valence-electron chi connectivity index (χ0n) is 29.0. The van der Waals surface area contributed by atoms with E-state index in [0.717, 1.165) is 16.7 Å². The molecule has 0 fully saturated rings. The van der Waals surface area contributed by atoms with Gasteiger partial charge in [0.1, 0.15) is 5.76 Å². The predicted molar refractivity (Wildman–Crippen MR) is 181 cm³/mol. The number of hydrogen-bond donors (Lipinski definition) is 2. The number of nitrogens with zero attached hydrogens (tertiary/aromatic N) is 1. The Hall–Kier alpha value is -5.56. The van der Waals surface area contributed by atoms with Gasteiger partial charge in [0.2, 0.25) is 16.9 Å². The molecule has 3 aromatic carbocycles. The van der Waals surface area contributed by atoms with Crippen LogP contribution in [0.1, 0.15) is 52.2 Å². The molecular weight excluding hydrogens is 650 g/mol. The topological polar surface area (TPSA) is 156 Å². The maximum Gasteiger partial charge on any atom is 0.306 e. The number of phenolic OH excluding ortho intramolecular Hbond substituents is 1. The molecule has 0 saturated heterocycles. The van der Waals surface area contributed by atoms with Gasteiger partial charge >= 0.3 is 5.97 Å². The number of hydrogen-bond acceptors (Lipinski definition) is 13. The van der Waals surface area contributed by atoms with Crippen molar-refractivity contribution in [3.8, 4) is 46.0 Å². The standard InChI is InChI=1S/C37H41NO12/c1-43-28-12-20(8-9-26(28)39)25(18-33(41)48-6)36-35(42)27(40)16-23(50-36)19-38-11-10-21-13-29(44-2)30(45-3)17-24(21)34(38)22-14-31(46-4)37(49-7)32(15-22)47-5/h8-9,12-17,25,34,39,42H,10-11,18-19H2,1-7H3/t25-,34-/m1/s1. The fraction of sp³-hybridized carbons (Fsp3) is 0.351. The molecule has 2 atom stereocenters. The van der Waals surface area contributed by atoms with Crippen molar-refractivity contribution in [3.05, 3.63) is 92.5 Å². The van der Waals surface area contributed by atoms with Crippen molar-refractivity contribution >= 4 is 5.97 Å². The summed E-state index contributed by atoms with van der Waals surface area (Å²) >= 11 is 0. The fourth-order valence-electron chi connectivity index (χ4n) is 6.41. The summed E-state index contributed by atoms with van der Waals surface area (Å²) in [6, 6.07) is 12.9. The maximum atomic E-state index is 13.3. The Bertz CT molecular complexity index is 1890. The molecule has 13 heteroatoms. The van der Waals surface area contributed by atoms with Gasteiger partial charge in [0, 0.05) is 12.6 Å². The first kappa shape index (κ1) is 35.7. The molecule has 0 spiro atoms. The normalized spacial score (nSPS) is 14.7. The van der Waals surface area contributed by atoms with Gasteiger partial charge in [-0.25, -0.2) is 0 Å². The molecule has 0 saturated carbocycles. The van der Waals surface area contributed by atoms with Crippen molar-refractivity contribution in [1.29, 1.82) is 0 Å². The number of fused-ring (bicyclic) bond motifs is 1. The lowest BCUT2D eigenvalue weighted by molar-refractivity contribution is -0.140. The first-order valence-electron chi connectivity index (χ1n) is 15.7. The van der Waals surface area contributed by atoms with Crippen molar-refractivity contribution < 1.29 is 52.6 Å². The highest BCUT2D eigenvalue weighted by atomic mass is 16.5. The fourth-order valence-corrected chi connectivity index (χ4v) is 6.41. The smallest absolute Gasteiger partial charge is 0.306 e. The van der Waals surface area contributed by atoms with E-state index in [9.17, 15) is 19.8 Å². The number of aromatic hydroxyl groups is 2. The quantitative estimate of drug-likeness (QED) is 0.182. The molecule has 4 aromatic rings. The van der Waals surface area contributed by atoms with Gasteiger partial charge in [0.25, 0.3) is 0 Å². The van der Waals surface area contributed by atoms with Crippen molar-refractivity contribution in [1.82, 2.24) is 4.90 Å². The number of esters is 1. The van der Waals surface area contributed by atoms with E-state index in [1.807, 2.05) is 24.3 Å². The van der Waals surface area contributed by atoms with Crippen LogP contribution in [0.2, 0.25) is 0 Å². The Morgan fingerprint density at radius 2 is 1.46 bits per heavy atom. The molecule has 50 heavy (non-hydrogen) atoms. The number of carbonyl (C=O) groups excluding carboxylic acids is 1. The highest BCUT2D eigenvalue weighted by Gasteiger charge is 2.34. The summed E-state index contributed by atoms with van der Waals surface area (Å²) in [6.45, 7) is 0.659. The van der Waals surface area contributed by atoms with E-state index in [-0.39, 0.29) is 36.0 Å². The van der Waals surface area contributed by atoms with E-state index in [1.54, 1.807) is 34.5 Å². The molecule has 266 valence electrons. The van der Waals surface area contributed by atoms with E-state index < -0.39 is 29.1 Å². The van der Waals surface area contributed by atoms with Gasteiger partial charge in [0.05, 0.1) is 74.7 Å². The number of ether oxygens (including phenoxy) is 7. The van der Waals surface area contributed by atoms with Gasteiger partial charge in [-0.3, -0.25) is 14.5 Å². The second kappa shape index (κ2) is 15.3. The van der Waals surface area contributed by atoms with Crippen molar-refractivity contribution in [3.63, 3.8) is 0 Å². The summed E-state index contributed by atoms with van der Waals surface area (Å²) < 4.78 is 44.8. The molecular formula is C37H41NO12. The van der Waals surface area contributed by atoms with Crippen LogP contribution in [0.4, 0.5) is 0 Å². The summed E-state index contributed by atoms with van der Waals surface area (Å²) in [7, 11) is 10.4. The van der Waals surface area contributed by atoms with Gasteiger partial charge < -0.3 is 47.8 Å². The molecule has 0 amide bonds. The molecule has 0 bridgehead atoms. The minimum atomic E-state index is -0.950. The highest BCUT2D eigenvalue weighted by molar-refractivity contribution is 5.71. The van der Waals surface area contributed by atoms with E-state index in [0.29, 0.717) is 47.3 Å². The Morgan fingerprint density at radius 1 is 0.820 bits per heavy atom. The SMILES string of the molecule is COC(=O)C[C@H](c1ccc(O)c(OC)c1)c1oc(CN2CCc3cc(OC)c(OC)cc3[C@H]2c2cc(OC)c(OC)c(OC)c2)cc(=O)c1O. The lowest BCUT2D eigenvalue weighted by atomic mass is 9.87. The largest absolute Gasteiger partial charge is 0.504 e. The Balaban J connectivity index is 1.66. The molecule has 1 aliphatic heterocycles. The number of benzene rings is 3. The summed E-state index contributed by atoms with van der Waals surface area (Å²) in [5.41, 5.74) is 2.52. The van der Waals surface area contributed by atoms with Crippen LogP contribution < -0.4 is 33.8 Å². The third-order valence-electron chi connectivity index (χ3n) is 8.86. The molecule has 1 aliphatic rings. The Morgan fingerprint density at radius 3 is 2.06 bits per heavy atom. The highest BCUT2D eigenvalue weighted by Crippen LogP contribution is 2.46. The molecule has 5 rings (SSSR count). The minimum Gasteiger partial charge on any atom is -0.504 e. The van der Waals surface area contributed by atoms with E-state index in [1.165, 1.54) is 39.5 Å². The second-order valence-electron chi connectivity index (χ2n) is 11.5. The van der Waals surface area contributed by atoms with Gasteiger partial charge in [-0.15, -0.1) is 0 Å². The number of rotatable bonds is 13. The van der Waals surface area contributed by atoms with Gasteiger partial charge in [0.15, 0.2) is 40.3 Å². The van der Waals surface area contributed by atoms with Crippen LogP contribution >= 0.6 is 0 Å². The summed E-state index contributed by atoms with van der Waals surface area (Å²) in [5.74, 6) is 0.436. The molecule has 2 heterocycles. The average molecular weight is 692 g/mol. The maximum absolute atomic E-state index is 13.3. The third-order valence-corrected chi connectivity index (χ3v) is 8.86. The summed E-state index contributed by atoms with van der Waals surface area (Å²) in [6.07, 6.45) is 0.362.